The number of aliphatic carboxylic acids is 1. The first-order chi connectivity index (χ1) is 11.7. The van der Waals surface area contributed by atoms with Crippen LogP contribution < -0.4 is 5.32 Å². The molecular formula is C17H13ClF3NO3. The van der Waals surface area contributed by atoms with Crippen molar-refractivity contribution in [3.8, 4) is 0 Å². The Labute approximate surface area is 146 Å². The van der Waals surface area contributed by atoms with Gasteiger partial charge in [-0.15, -0.1) is 0 Å². The summed E-state index contributed by atoms with van der Waals surface area (Å²) in [5.41, 5.74) is -0.682. The highest BCUT2D eigenvalue weighted by Crippen LogP contribution is 2.29. The van der Waals surface area contributed by atoms with Crippen LogP contribution in [0, 0.1) is 0 Å². The summed E-state index contributed by atoms with van der Waals surface area (Å²) in [7, 11) is 0. The molecule has 132 valence electrons. The molecule has 0 saturated heterocycles. The van der Waals surface area contributed by atoms with E-state index in [4.69, 9.17) is 11.6 Å². The second-order valence-electron chi connectivity index (χ2n) is 5.28. The van der Waals surface area contributed by atoms with E-state index in [1.165, 1.54) is 6.07 Å². The highest BCUT2D eigenvalue weighted by Gasteiger charge is 2.31. The molecule has 4 nitrogen and oxygen atoms in total. The number of carboxylic acid groups (broad SMARTS) is 1. The molecule has 25 heavy (non-hydrogen) atoms. The molecule has 0 heterocycles. The molecule has 0 aliphatic carbocycles. The Morgan fingerprint density at radius 3 is 2.40 bits per heavy atom. The molecular weight excluding hydrogens is 359 g/mol. The van der Waals surface area contributed by atoms with Gasteiger partial charge in [-0.1, -0.05) is 29.8 Å². The zero-order chi connectivity index (χ0) is 18.6. The first kappa shape index (κ1) is 18.8. The molecule has 2 rings (SSSR count). The Balaban J connectivity index is 2.17. The number of carbonyl (C=O) groups is 2. The van der Waals surface area contributed by atoms with Gasteiger partial charge < -0.3 is 10.4 Å². The molecule has 1 amide bonds. The standard InChI is InChI=1S/C17H13ClF3NO3/c18-13-6-1-3-10(7-13)8-14(16(24)25)22-15(23)11-4-2-5-12(9-11)17(19,20)21/h1-7,9,14H,8H2,(H,22,23)(H,24,25)/t14-/m0/s1. The van der Waals surface area contributed by atoms with Crippen molar-refractivity contribution in [1.82, 2.24) is 5.32 Å². The Morgan fingerprint density at radius 1 is 1.12 bits per heavy atom. The topological polar surface area (TPSA) is 66.4 Å². The van der Waals surface area contributed by atoms with Crippen molar-refractivity contribution >= 4 is 23.5 Å². The maximum absolute atomic E-state index is 12.7. The van der Waals surface area contributed by atoms with Gasteiger partial charge in [0.15, 0.2) is 0 Å². The van der Waals surface area contributed by atoms with Crippen molar-refractivity contribution in [2.45, 2.75) is 18.6 Å². The predicted molar refractivity (Wildman–Crippen MR) is 85.5 cm³/mol. The van der Waals surface area contributed by atoms with Gasteiger partial charge in [-0.2, -0.15) is 13.2 Å². The first-order valence-electron chi connectivity index (χ1n) is 7.12. The Bertz CT molecular complexity index is 793. The average molecular weight is 372 g/mol. The molecule has 2 N–H and O–H groups in total. The van der Waals surface area contributed by atoms with Gasteiger partial charge in [-0.25, -0.2) is 4.79 Å². The molecule has 0 fully saturated rings. The summed E-state index contributed by atoms with van der Waals surface area (Å²) in [6.07, 6.45) is -4.65. The predicted octanol–water partition coefficient (Wildman–Crippen LogP) is 3.78. The molecule has 1 atom stereocenters. The number of hydrogen-bond donors (Lipinski definition) is 2. The lowest BCUT2D eigenvalue weighted by atomic mass is 10.0. The molecule has 0 aromatic heterocycles. The van der Waals surface area contributed by atoms with Crippen LogP contribution in [0.1, 0.15) is 21.5 Å². The monoisotopic (exact) mass is 371 g/mol. The van der Waals surface area contributed by atoms with Crippen molar-refractivity contribution in [3.05, 3.63) is 70.2 Å². The molecule has 0 spiro atoms. The third-order valence-corrected chi connectivity index (χ3v) is 3.62. The van der Waals surface area contributed by atoms with Gasteiger partial charge in [0, 0.05) is 17.0 Å². The molecule has 2 aromatic rings. The summed E-state index contributed by atoms with van der Waals surface area (Å²) >= 11 is 5.83. The molecule has 0 radical (unpaired) electrons. The quantitative estimate of drug-likeness (QED) is 0.840. The number of alkyl halides is 3. The largest absolute Gasteiger partial charge is 0.480 e. The fourth-order valence-electron chi connectivity index (χ4n) is 2.18. The lowest BCUT2D eigenvalue weighted by molar-refractivity contribution is -0.139. The van der Waals surface area contributed by atoms with E-state index in [1.54, 1.807) is 24.3 Å². The van der Waals surface area contributed by atoms with Gasteiger partial charge in [0.25, 0.3) is 5.91 Å². The van der Waals surface area contributed by atoms with Crippen LogP contribution in [0.5, 0.6) is 0 Å². The van der Waals surface area contributed by atoms with E-state index in [9.17, 15) is 27.9 Å². The van der Waals surface area contributed by atoms with Crippen LogP contribution in [0.2, 0.25) is 5.02 Å². The smallest absolute Gasteiger partial charge is 0.416 e. The molecule has 0 bridgehead atoms. The van der Waals surface area contributed by atoms with Crippen LogP contribution >= 0.6 is 11.6 Å². The van der Waals surface area contributed by atoms with Crippen LogP contribution in [0.15, 0.2) is 48.5 Å². The zero-order valence-electron chi connectivity index (χ0n) is 12.7. The third-order valence-electron chi connectivity index (χ3n) is 3.38. The second kappa shape index (κ2) is 7.57. The summed E-state index contributed by atoms with van der Waals surface area (Å²) < 4.78 is 38.1. The lowest BCUT2D eigenvalue weighted by Crippen LogP contribution is -2.42. The van der Waals surface area contributed by atoms with Crippen molar-refractivity contribution in [1.29, 1.82) is 0 Å². The van der Waals surface area contributed by atoms with E-state index in [2.05, 4.69) is 5.32 Å². The van der Waals surface area contributed by atoms with E-state index in [0.29, 0.717) is 16.7 Å². The number of amides is 1. The Hall–Kier alpha value is -2.54. The number of carbonyl (C=O) groups excluding carboxylic acids is 1. The highest BCUT2D eigenvalue weighted by molar-refractivity contribution is 6.30. The lowest BCUT2D eigenvalue weighted by Gasteiger charge is -2.15. The van der Waals surface area contributed by atoms with E-state index in [-0.39, 0.29) is 12.0 Å². The minimum Gasteiger partial charge on any atom is -0.480 e. The van der Waals surface area contributed by atoms with Crippen LogP contribution in [-0.4, -0.2) is 23.0 Å². The fourth-order valence-corrected chi connectivity index (χ4v) is 2.39. The van der Waals surface area contributed by atoms with Crippen molar-refractivity contribution in [3.63, 3.8) is 0 Å². The maximum Gasteiger partial charge on any atom is 0.416 e. The third kappa shape index (κ3) is 5.22. The number of hydrogen-bond acceptors (Lipinski definition) is 2. The minimum atomic E-state index is -4.59. The summed E-state index contributed by atoms with van der Waals surface area (Å²) in [6, 6.07) is 8.90. The van der Waals surface area contributed by atoms with E-state index >= 15 is 0 Å². The van der Waals surface area contributed by atoms with Crippen LogP contribution in [0.25, 0.3) is 0 Å². The van der Waals surface area contributed by atoms with E-state index in [1.807, 2.05) is 0 Å². The summed E-state index contributed by atoms with van der Waals surface area (Å²) in [6.45, 7) is 0. The molecule has 0 unspecified atom stereocenters. The zero-order valence-corrected chi connectivity index (χ0v) is 13.4. The summed E-state index contributed by atoms with van der Waals surface area (Å²) in [4.78, 5) is 23.5. The molecule has 2 aromatic carbocycles. The Kier molecular flexibility index (Phi) is 5.69. The normalized spacial score (nSPS) is 12.5. The van der Waals surface area contributed by atoms with Gasteiger partial charge in [0.05, 0.1) is 5.56 Å². The second-order valence-corrected chi connectivity index (χ2v) is 5.71. The average Bonchev–Trinajstić information content (AvgIpc) is 2.53. The number of nitrogens with one attached hydrogen (secondary N) is 1. The Morgan fingerprint density at radius 2 is 1.80 bits per heavy atom. The molecule has 8 heteroatoms. The summed E-state index contributed by atoms with van der Waals surface area (Å²) in [5.74, 6) is -2.21. The SMILES string of the molecule is O=C(N[C@@H](Cc1cccc(Cl)c1)C(=O)O)c1cccc(C(F)(F)F)c1. The van der Waals surface area contributed by atoms with Crippen LogP contribution in [-0.2, 0) is 17.4 Å². The molecule has 0 aliphatic rings. The van der Waals surface area contributed by atoms with Gasteiger partial charge in [-0.3, -0.25) is 4.79 Å². The highest BCUT2D eigenvalue weighted by atomic mass is 35.5. The number of benzene rings is 2. The number of rotatable bonds is 5. The molecule has 0 saturated carbocycles. The van der Waals surface area contributed by atoms with Crippen LogP contribution in [0.4, 0.5) is 13.2 Å². The minimum absolute atomic E-state index is 0.0550. The number of halogens is 4. The number of carboxylic acids is 1. The van der Waals surface area contributed by atoms with Crippen molar-refractivity contribution < 1.29 is 27.9 Å². The van der Waals surface area contributed by atoms with Gasteiger partial charge >= 0.3 is 12.1 Å². The van der Waals surface area contributed by atoms with Gasteiger partial charge in [-0.05, 0) is 35.9 Å². The fraction of sp³-hybridized carbons (Fsp3) is 0.176. The van der Waals surface area contributed by atoms with Gasteiger partial charge in [0.1, 0.15) is 6.04 Å². The van der Waals surface area contributed by atoms with E-state index < -0.39 is 29.7 Å². The summed E-state index contributed by atoms with van der Waals surface area (Å²) in [5, 5.41) is 11.9. The van der Waals surface area contributed by atoms with Crippen LogP contribution in [0.3, 0.4) is 0 Å². The van der Waals surface area contributed by atoms with Gasteiger partial charge in [0.2, 0.25) is 0 Å². The first-order valence-corrected chi connectivity index (χ1v) is 7.50. The van der Waals surface area contributed by atoms with Crippen molar-refractivity contribution in [2.75, 3.05) is 0 Å². The van der Waals surface area contributed by atoms with Crippen molar-refractivity contribution in [2.24, 2.45) is 0 Å². The van der Waals surface area contributed by atoms with E-state index in [0.717, 1.165) is 12.1 Å². The molecule has 0 aliphatic heterocycles. The maximum atomic E-state index is 12.7.